The number of anilines is 1. The molecule has 0 heterocycles. The molecule has 0 unspecified atom stereocenters. The maximum atomic E-state index is 13.3. The van der Waals surface area contributed by atoms with E-state index < -0.39 is 43.1 Å². The van der Waals surface area contributed by atoms with Crippen LogP contribution in [0, 0.1) is 5.82 Å². The summed E-state index contributed by atoms with van der Waals surface area (Å²) in [6, 6.07) is 7.37. The van der Waals surface area contributed by atoms with Gasteiger partial charge in [0.25, 0.3) is 10.0 Å². The molecule has 12 heteroatoms. The first kappa shape index (κ1) is 20.7. The Balaban J connectivity index is 2.23. The van der Waals surface area contributed by atoms with Gasteiger partial charge in [-0.15, -0.1) is 0 Å². The monoisotopic (exact) mass is 422 g/mol. The minimum absolute atomic E-state index is 0.110. The lowest BCUT2D eigenvalue weighted by Crippen LogP contribution is -2.17. The zero-order valence-electron chi connectivity index (χ0n) is 13.3. The minimum atomic E-state index is -4.30. The number of halogens is 3. The summed E-state index contributed by atoms with van der Waals surface area (Å²) in [6.45, 7) is -2.99. The van der Waals surface area contributed by atoms with Gasteiger partial charge in [0.2, 0.25) is 10.0 Å². The van der Waals surface area contributed by atoms with Crippen LogP contribution in [-0.2, 0) is 20.0 Å². The number of benzene rings is 2. The summed E-state index contributed by atoms with van der Waals surface area (Å²) in [5, 5.41) is 5.66. The minimum Gasteiger partial charge on any atom is -0.435 e. The van der Waals surface area contributed by atoms with Crippen LogP contribution in [0.1, 0.15) is 5.56 Å². The zero-order chi connectivity index (χ0) is 20.2. The van der Waals surface area contributed by atoms with Crippen LogP contribution in [0.3, 0.4) is 0 Å². The van der Waals surface area contributed by atoms with Crippen molar-refractivity contribution in [3.63, 3.8) is 0 Å². The number of nitrogens with two attached hydrogens (primary N) is 1. The van der Waals surface area contributed by atoms with Crippen LogP contribution in [-0.4, -0.2) is 23.4 Å². The molecule has 0 bridgehead atoms. The first-order valence-electron chi connectivity index (χ1n) is 7.04. The normalized spacial score (nSPS) is 12.5. The van der Waals surface area contributed by atoms with E-state index in [9.17, 15) is 30.0 Å². The molecule has 0 fully saturated rings. The smallest absolute Gasteiger partial charge is 0.387 e. The van der Waals surface area contributed by atoms with Gasteiger partial charge in [0.1, 0.15) is 16.5 Å². The number of primary sulfonamides is 1. The standard InChI is InChI=1S/C15H13F3N2O5S2/c16-11-3-6-14(27(19,23)24)13(9-11)20-26(21,22)8-7-10-1-4-12(5-2-10)25-15(17)18/h1-9,15,20H,(H2,19,23,24). The molecule has 3 N–H and O–H groups in total. The van der Waals surface area contributed by atoms with E-state index in [4.69, 9.17) is 5.14 Å². The number of hydrogen-bond acceptors (Lipinski definition) is 5. The Morgan fingerprint density at radius 1 is 1.04 bits per heavy atom. The van der Waals surface area contributed by atoms with E-state index in [-0.39, 0.29) is 5.75 Å². The number of hydrogen-bond donors (Lipinski definition) is 2. The maximum Gasteiger partial charge on any atom is 0.387 e. The molecule has 0 amide bonds. The molecule has 0 atom stereocenters. The van der Waals surface area contributed by atoms with Crippen molar-refractivity contribution in [2.24, 2.45) is 5.14 Å². The second-order valence-electron chi connectivity index (χ2n) is 5.08. The van der Waals surface area contributed by atoms with Crippen LogP contribution >= 0.6 is 0 Å². The van der Waals surface area contributed by atoms with E-state index >= 15 is 0 Å². The average molecular weight is 422 g/mol. The molecule has 0 aliphatic rings. The highest BCUT2D eigenvalue weighted by molar-refractivity contribution is 7.95. The fourth-order valence-electron chi connectivity index (χ4n) is 1.95. The van der Waals surface area contributed by atoms with Gasteiger partial charge in [0.05, 0.1) is 11.1 Å². The summed E-state index contributed by atoms with van der Waals surface area (Å²) >= 11 is 0. The molecule has 0 aliphatic carbocycles. The third kappa shape index (κ3) is 6.27. The molecule has 0 saturated heterocycles. The molecule has 0 saturated carbocycles. The van der Waals surface area contributed by atoms with Crippen molar-refractivity contribution in [2.75, 3.05) is 4.72 Å². The van der Waals surface area contributed by atoms with Gasteiger partial charge in [-0.25, -0.2) is 26.4 Å². The van der Waals surface area contributed by atoms with Gasteiger partial charge in [-0.1, -0.05) is 12.1 Å². The Kier molecular flexibility index (Phi) is 6.13. The fourth-order valence-corrected chi connectivity index (χ4v) is 3.56. The third-order valence-corrected chi connectivity index (χ3v) is 5.01. The summed E-state index contributed by atoms with van der Waals surface area (Å²) in [4.78, 5) is -0.602. The van der Waals surface area contributed by atoms with Gasteiger partial charge < -0.3 is 4.74 Å². The van der Waals surface area contributed by atoms with E-state index in [1.807, 2.05) is 4.72 Å². The highest BCUT2D eigenvalue weighted by atomic mass is 32.2. The van der Waals surface area contributed by atoms with E-state index in [0.717, 1.165) is 18.2 Å². The molecule has 27 heavy (non-hydrogen) atoms. The van der Waals surface area contributed by atoms with Gasteiger partial charge >= 0.3 is 6.61 Å². The summed E-state index contributed by atoms with van der Waals surface area (Å²) in [6.07, 6.45) is 1.12. The maximum absolute atomic E-state index is 13.3. The van der Waals surface area contributed by atoms with Crippen molar-refractivity contribution in [2.45, 2.75) is 11.5 Å². The van der Waals surface area contributed by atoms with Gasteiger partial charge in [-0.3, -0.25) is 4.72 Å². The molecule has 0 radical (unpaired) electrons. The lowest BCUT2D eigenvalue weighted by molar-refractivity contribution is -0.0498. The first-order chi connectivity index (χ1) is 12.5. The number of sulfonamides is 2. The Morgan fingerprint density at radius 3 is 2.22 bits per heavy atom. The van der Waals surface area contributed by atoms with Gasteiger partial charge in [-0.2, -0.15) is 8.78 Å². The van der Waals surface area contributed by atoms with Crippen molar-refractivity contribution in [1.82, 2.24) is 0 Å². The van der Waals surface area contributed by atoms with Crippen molar-refractivity contribution >= 4 is 31.8 Å². The number of nitrogens with one attached hydrogen (secondary N) is 1. The molecular weight excluding hydrogens is 409 g/mol. The third-order valence-electron chi connectivity index (χ3n) is 3.05. The Labute approximate surface area is 153 Å². The van der Waals surface area contributed by atoms with Crippen molar-refractivity contribution in [3.8, 4) is 5.75 Å². The van der Waals surface area contributed by atoms with Crippen molar-refractivity contribution in [1.29, 1.82) is 0 Å². The quantitative estimate of drug-likeness (QED) is 0.711. The highest BCUT2D eigenvalue weighted by Crippen LogP contribution is 2.23. The second-order valence-corrected chi connectivity index (χ2v) is 8.18. The number of rotatable bonds is 7. The molecular formula is C15H13F3N2O5S2. The van der Waals surface area contributed by atoms with Crippen molar-refractivity contribution < 1.29 is 34.7 Å². The van der Waals surface area contributed by atoms with Crippen molar-refractivity contribution in [3.05, 3.63) is 59.3 Å². The van der Waals surface area contributed by atoms with Crippen LogP contribution in [0.4, 0.5) is 18.9 Å². The molecule has 146 valence electrons. The second kappa shape index (κ2) is 7.98. The van der Waals surface area contributed by atoms with E-state index in [0.29, 0.717) is 17.0 Å². The van der Waals surface area contributed by atoms with Crippen LogP contribution in [0.15, 0.2) is 52.8 Å². The first-order valence-corrected chi connectivity index (χ1v) is 10.1. The summed E-state index contributed by atoms with van der Waals surface area (Å²) in [7, 11) is -8.53. The number of alkyl halides is 2. The van der Waals surface area contributed by atoms with Gasteiger partial charge in [0, 0.05) is 0 Å². The Bertz CT molecular complexity index is 1050. The van der Waals surface area contributed by atoms with Crippen LogP contribution < -0.4 is 14.6 Å². The molecule has 7 nitrogen and oxygen atoms in total. The molecule has 2 aromatic carbocycles. The molecule has 2 rings (SSSR count). The Morgan fingerprint density at radius 2 is 1.67 bits per heavy atom. The summed E-state index contributed by atoms with van der Waals surface area (Å²) in [5.74, 6) is -0.987. The number of ether oxygens (including phenoxy) is 1. The summed E-state index contributed by atoms with van der Waals surface area (Å²) in [5.41, 5.74) is -0.226. The SMILES string of the molecule is NS(=O)(=O)c1ccc(F)cc1NS(=O)(=O)C=Cc1ccc(OC(F)F)cc1. The topological polar surface area (TPSA) is 116 Å². The van der Waals surface area contributed by atoms with E-state index in [2.05, 4.69) is 4.74 Å². The van der Waals surface area contributed by atoms with Crippen LogP contribution in [0.5, 0.6) is 5.75 Å². The molecule has 0 aliphatic heterocycles. The van der Waals surface area contributed by atoms with E-state index in [1.165, 1.54) is 24.3 Å². The molecule has 0 aromatic heterocycles. The van der Waals surface area contributed by atoms with Crippen LogP contribution in [0.2, 0.25) is 0 Å². The van der Waals surface area contributed by atoms with E-state index in [1.54, 1.807) is 0 Å². The average Bonchev–Trinajstić information content (AvgIpc) is 2.52. The predicted molar refractivity (Wildman–Crippen MR) is 92.4 cm³/mol. The fraction of sp³-hybridized carbons (Fsp3) is 0.0667. The summed E-state index contributed by atoms with van der Waals surface area (Å²) < 4.78 is 90.7. The highest BCUT2D eigenvalue weighted by Gasteiger charge is 2.18. The molecule has 0 spiro atoms. The lowest BCUT2D eigenvalue weighted by atomic mass is 10.2. The zero-order valence-corrected chi connectivity index (χ0v) is 15.0. The lowest BCUT2D eigenvalue weighted by Gasteiger charge is -2.09. The van der Waals surface area contributed by atoms with Gasteiger partial charge in [0.15, 0.2) is 0 Å². The Hall–Kier alpha value is -2.57. The predicted octanol–water partition coefficient (Wildman–Crippen LogP) is 2.49. The van der Waals surface area contributed by atoms with Crippen LogP contribution in [0.25, 0.3) is 6.08 Å². The van der Waals surface area contributed by atoms with Gasteiger partial charge in [-0.05, 0) is 42.0 Å². The largest absolute Gasteiger partial charge is 0.435 e. The molecule has 2 aromatic rings.